The molecule has 0 aromatic heterocycles. The Balaban J connectivity index is 2.59. The molecular formula is C13H25NO3. The van der Waals surface area contributed by atoms with Crippen molar-refractivity contribution in [1.82, 2.24) is 5.32 Å². The van der Waals surface area contributed by atoms with Gasteiger partial charge < -0.3 is 10.2 Å². The SMILES string of the molecule is CCC(CC)(NCC1(O)CCCCC1)C(=O)O. The lowest BCUT2D eigenvalue weighted by Gasteiger charge is -2.37. The predicted molar refractivity (Wildman–Crippen MR) is 67.0 cm³/mol. The molecule has 0 spiro atoms. The first-order valence-corrected chi connectivity index (χ1v) is 6.69. The van der Waals surface area contributed by atoms with Crippen LogP contribution in [0.15, 0.2) is 0 Å². The zero-order valence-electron chi connectivity index (χ0n) is 11.0. The Morgan fingerprint density at radius 2 is 1.76 bits per heavy atom. The molecule has 0 bridgehead atoms. The van der Waals surface area contributed by atoms with Gasteiger partial charge in [-0.15, -0.1) is 0 Å². The van der Waals surface area contributed by atoms with E-state index in [4.69, 9.17) is 0 Å². The molecule has 4 heteroatoms. The fourth-order valence-corrected chi connectivity index (χ4v) is 2.60. The molecule has 0 aromatic carbocycles. The van der Waals surface area contributed by atoms with Crippen LogP contribution in [0.25, 0.3) is 0 Å². The summed E-state index contributed by atoms with van der Waals surface area (Å²) < 4.78 is 0. The molecule has 0 radical (unpaired) electrons. The van der Waals surface area contributed by atoms with Crippen molar-refractivity contribution in [3.63, 3.8) is 0 Å². The Bertz CT molecular complexity index is 255. The van der Waals surface area contributed by atoms with Crippen LogP contribution in [0.5, 0.6) is 0 Å². The Kier molecular flexibility index (Phi) is 4.95. The van der Waals surface area contributed by atoms with E-state index in [0.29, 0.717) is 19.4 Å². The van der Waals surface area contributed by atoms with Crippen LogP contribution in [-0.4, -0.2) is 33.9 Å². The lowest BCUT2D eigenvalue weighted by Crippen LogP contribution is -2.56. The predicted octanol–water partition coefficient (Wildman–Crippen LogP) is 1.91. The molecule has 0 heterocycles. The summed E-state index contributed by atoms with van der Waals surface area (Å²) in [4.78, 5) is 11.3. The molecule has 17 heavy (non-hydrogen) atoms. The van der Waals surface area contributed by atoms with E-state index >= 15 is 0 Å². The quantitative estimate of drug-likeness (QED) is 0.666. The van der Waals surface area contributed by atoms with Crippen LogP contribution in [0.1, 0.15) is 58.8 Å². The van der Waals surface area contributed by atoms with E-state index in [0.717, 1.165) is 25.7 Å². The maximum absolute atomic E-state index is 11.3. The van der Waals surface area contributed by atoms with E-state index < -0.39 is 17.1 Å². The van der Waals surface area contributed by atoms with Crippen LogP contribution >= 0.6 is 0 Å². The third-order valence-corrected chi connectivity index (χ3v) is 4.16. The maximum Gasteiger partial charge on any atom is 0.323 e. The summed E-state index contributed by atoms with van der Waals surface area (Å²) in [5, 5.41) is 22.7. The molecule has 0 atom stereocenters. The smallest absolute Gasteiger partial charge is 0.323 e. The van der Waals surface area contributed by atoms with Gasteiger partial charge in [0.2, 0.25) is 0 Å². The second-order valence-corrected chi connectivity index (χ2v) is 5.23. The summed E-state index contributed by atoms with van der Waals surface area (Å²) in [5.74, 6) is -0.818. The average molecular weight is 243 g/mol. The Morgan fingerprint density at radius 1 is 1.24 bits per heavy atom. The van der Waals surface area contributed by atoms with Crippen molar-refractivity contribution in [2.75, 3.05) is 6.54 Å². The van der Waals surface area contributed by atoms with E-state index in [2.05, 4.69) is 5.32 Å². The van der Waals surface area contributed by atoms with Crippen LogP contribution in [0.3, 0.4) is 0 Å². The van der Waals surface area contributed by atoms with Gasteiger partial charge in [0.05, 0.1) is 5.60 Å². The topological polar surface area (TPSA) is 69.6 Å². The largest absolute Gasteiger partial charge is 0.480 e. The Labute approximate surface area is 103 Å². The number of β-amino-alcohol motifs (C(OH)–C–C–N with tert-alkyl or cyclic N) is 1. The average Bonchev–Trinajstić information content (AvgIpc) is 2.31. The minimum Gasteiger partial charge on any atom is -0.480 e. The zero-order chi connectivity index (χ0) is 12.9. The van der Waals surface area contributed by atoms with Gasteiger partial charge in [-0.2, -0.15) is 0 Å². The van der Waals surface area contributed by atoms with Gasteiger partial charge in [0, 0.05) is 6.54 Å². The fraction of sp³-hybridized carbons (Fsp3) is 0.923. The molecule has 0 saturated heterocycles. The summed E-state index contributed by atoms with van der Waals surface area (Å²) >= 11 is 0. The Morgan fingerprint density at radius 3 is 2.18 bits per heavy atom. The second kappa shape index (κ2) is 5.83. The van der Waals surface area contributed by atoms with Crippen LogP contribution in [0.4, 0.5) is 0 Å². The number of carboxylic acids is 1. The van der Waals surface area contributed by atoms with Crippen LogP contribution in [0.2, 0.25) is 0 Å². The van der Waals surface area contributed by atoms with E-state index in [1.54, 1.807) is 0 Å². The standard InChI is InChI=1S/C13H25NO3/c1-3-13(4-2,11(15)16)14-10-12(17)8-6-5-7-9-12/h14,17H,3-10H2,1-2H3,(H,15,16). The van der Waals surface area contributed by atoms with Gasteiger partial charge >= 0.3 is 5.97 Å². The monoisotopic (exact) mass is 243 g/mol. The highest BCUT2D eigenvalue weighted by molar-refractivity contribution is 5.78. The van der Waals surface area contributed by atoms with Crippen molar-refractivity contribution in [3.05, 3.63) is 0 Å². The van der Waals surface area contributed by atoms with Gasteiger partial charge in [0.25, 0.3) is 0 Å². The molecule has 0 amide bonds. The first kappa shape index (κ1) is 14.5. The first-order valence-electron chi connectivity index (χ1n) is 6.69. The van der Waals surface area contributed by atoms with Gasteiger partial charge in [-0.3, -0.25) is 10.1 Å². The van der Waals surface area contributed by atoms with Gasteiger partial charge in [-0.25, -0.2) is 0 Å². The van der Waals surface area contributed by atoms with E-state index in [1.807, 2.05) is 13.8 Å². The molecule has 1 aliphatic rings. The number of carbonyl (C=O) groups is 1. The van der Waals surface area contributed by atoms with Crippen molar-refractivity contribution >= 4 is 5.97 Å². The molecule has 0 unspecified atom stereocenters. The molecule has 1 fully saturated rings. The number of hydrogen-bond acceptors (Lipinski definition) is 3. The van der Waals surface area contributed by atoms with Crippen molar-refractivity contribution in [3.8, 4) is 0 Å². The molecule has 0 aromatic rings. The normalized spacial score (nSPS) is 20.2. The number of carboxylic acid groups (broad SMARTS) is 1. The lowest BCUT2D eigenvalue weighted by atomic mass is 9.83. The zero-order valence-corrected chi connectivity index (χ0v) is 11.0. The highest BCUT2D eigenvalue weighted by Gasteiger charge is 2.38. The van der Waals surface area contributed by atoms with Crippen LogP contribution in [0, 0.1) is 0 Å². The highest BCUT2D eigenvalue weighted by Crippen LogP contribution is 2.28. The minimum atomic E-state index is -0.882. The molecule has 100 valence electrons. The Hall–Kier alpha value is -0.610. The third kappa shape index (κ3) is 3.42. The molecule has 0 aliphatic heterocycles. The molecule has 4 nitrogen and oxygen atoms in total. The van der Waals surface area contributed by atoms with Crippen LogP contribution < -0.4 is 5.32 Å². The second-order valence-electron chi connectivity index (χ2n) is 5.23. The first-order chi connectivity index (χ1) is 7.98. The van der Waals surface area contributed by atoms with Crippen molar-refractivity contribution in [1.29, 1.82) is 0 Å². The van der Waals surface area contributed by atoms with Gasteiger partial charge in [-0.05, 0) is 25.7 Å². The minimum absolute atomic E-state index is 0.390. The van der Waals surface area contributed by atoms with Crippen molar-refractivity contribution in [2.45, 2.75) is 69.9 Å². The number of aliphatic carboxylic acids is 1. The summed E-state index contributed by atoms with van der Waals surface area (Å²) in [6.07, 6.45) is 5.89. The number of nitrogens with one attached hydrogen (secondary N) is 1. The van der Waals surface area contributed by atoms with E-state index in [1.165, 1.54) is 6.42 Å². The third-order valence-electron chi connectivity index (χ3n) is 4.16. The molecule has 1 saturated carbocycles. The molecular weight excluding hydrogens is 218 g/mol. The van der Waals surface area contributed by atoms with Gasteiger partial charge in [-0.1, -0.05) is 33.1 Å². The summed E-state index contributed by atoms with van der Waals surface area (Å²) in [7, 11) is 0. The van der Waals surface area contributed by atoms with Gasteiger partial charge in [0.1, 0.15) is 5.54 Å². The molecule has 1 rings (SSSR count). The number of aliphatic hydroxyl groups is 1. The summed E-state index contributed by atoms with van der Waals surface area (Å²) in [6, 6.07) is 0. The van der Waals surface area contributed by atoms with Crippen molar-refractivity contribution in [2.24, 2.45) is 0 Å². The fourth-order valence-electron chi connectivity index (χ4n) is 2.60. The lowest BCUT2D eigenvalue weighted by molar-refractivity contribution is -0.146. The number of hydrogen-bond donors (Lipinski definition) is 3. The van der Waals surface area contributed by atoms with Gasteiger partial charge in [0.15, 0.2) is 0 Å². The summed E-state index contributed by atoms with van der Waals surface area (Å²) in [5.41, 5.74) is -1.59. The van der Waals surface area contributed by atoms with E-state index in [9.17, 15) is 15.0 Å². The molecule has 3 N–H and O–H groups in total. The summed E-state index contributed by atoms with van der Waals surface area (Å²) in [6.45, 7) is 4.13. The van der Waals surface area contributed by atoms with Crippen LogP contribution in [-0.2, 0) is 4.79 Å². The maximum atomic E-state index is 11.3. The molecule has 1 aliphatic carbocycles. The van der Waals surface area contributed by atoms with Crippen molar-refractivity contribution < 1.29 is 15.0 Å². The highest BCUT2D eigenvalue weighted by atomic mass is 16.4. The van der Waals surface area contributed by atoms with E-state index in [-0.39, 0.29) is 0 Å². The number of rotatable bonds is 6.